The fraction of sp³-hybridized carbons (Fsp3) is 0.281. The molecule has 0 radical (unpaired) electrons. The van der Waals surface area contributed by atoms with Gasteiger partial charge in [0.2, 0.25) is 5.91 Å². The Morgan fingerprint density at radius 2 is 1.70 bits per heavy atom. The number of methoxy groups -OCH3 is 1. The van der Waals surface area contributed by atoms with Crippen molar-refractivity contribution >= 4 is 51.7 Å². The van der Waals surface area contributed by atoms with E-state index >= 15 is 0 Å². The highest BCUT2D eigenvalue weighted by atomic mass is 32.1. The van der Waals surface area contributed by atoms with Gasteiger partial charge in [-0.05, 0) is 66.9 Å². The third kappa shape index (κ3) is 5.24. The summed E-state index contributed by atoms with van der Waals surface area (Å²) < 4.78 is 4.89. The molecule has 204 valence electrons. The number of esters is 1. The molecule has 1 amide bonds. The summed E-state index contributed by atoms with van der Waals surface area (Å²) in [4.78, 5) is 30.0. The fourth-order valence-electron chi connectivity index (χ4n) is 5.75. The maximum Gasteiger partial charge on any atom is 0.337 e. The van der Waals surface area contributed by atoms with Gasteiger partial charge in [-0.1, -0.05) is 61.1 Å². The summed E-state index contributed by atoms with van der Waals surface area (Å²) >= 11 is 5.79. The Hall–Kier alpha value is -4.01. The van der Waals surface area contributed by atoms with Gasteiger partial charge in [0.1, 0.15) is 4.99 Å². The number of carbonyl (C=O) groups excluding carboxylic acids is 2. The van der Waals surface area contributed by atoms with Crippen LogP contribution in [0, 0.1) is 0 Å². The Balaban J connectivity index is 1.29. The molecule has 3 aromatic carbocycles. The molecule has 0 saturated carbocycles. The Morgan fingerprint density at radius 3 is 2.48 bits per heavy atom. The van der Waals surface area contributed by atoms with Crippen LogP contribution in [0.25, 0.3) is 11.3 Å². The summed E-state index contributed by atoms with van der Waals surface area (Å²) in [7, 11) is 1.37. The molecule has 3 aliphatic rings. The van der Waals surface area contributed by atoms with E-state index < -0.39 is 5.97 Å². The second kappa shape index (κ2) is 11.2. The number of thiocarbonyl (C=S) groups is 1. The van der Waals surface area contributed by atoms with Crippen molar-refractivity contribution in [2.24, 2.45) is 0 Å². The van der Waals surface area contributed by atoms with Crippen molar-refractivity contribution in [1.29, 1.82) is 0 Å². The Morgan fingerprint density at radius 1 is 0.925 bits per heavy atom. The van der Waals surface area contributed by atoms with Crippen LogP contribution in [0.15, 0.2) is 66.7 Å². The maximum atomic E-state index is 13.1. The highest BCUT2D eigenvalue weighted by molar-refractivity contribution is 7.81. The molecule has 40 heavy (non-hydrogen) atoms. The molecule has 0 atom stereocenters. The normalized spacial score (nSPS) is 17.6. The summed E-state index contributed by atoms with van der Waals surface area (Å²) in [5.74, 6) is -0.194. The Labute approximate surface area is 239 Å². The van der Waals surface area contributed by atoms with Crippen LogP contribution in [0.5, 0.6) is 0 Å². The van der Waals surface area contributed by atoms with Crippen LogP contribution < -0.4 is 10.6 Å². The summed E-state index contributed by atoms with van der Waals surface area (Å²) in [5, 5.41) is 6.92. The number of benzene rings is 3. The average molecular weight is 553 g/mol. The highest BCUT2D eigenvalue weighted by Crippen LogP contribution is 2.39. The summed E-state index contributed by atoms with van der Waals surface area (Å²) in [6, 6.07) is 21.8. The maximum absolute atomic E-state index is 13.1. The lowest BCUT2D eigenvalue weighted by Crippen LogP contribution is -2.40. The topological polar surface area (TPSA) is 73.9 Å². The van der Waals surface area contributed by atoms with E-state index in [9.17, 15) is 9.59 Å². The Bertz CT molecular complexity index is 1510. The molecule has 0 bridgehead atoms. The number of anilines is 2. The zero-order valence-corrected chi connectivity index (χ0v) is 23.4. The van der Waals surface area contributed by atoms with E-state index in [0.717, 1.165) is 52.4 Å². The van der Waals surface area contributed by atoms with Crippen LogP contribution in [0.3, 0.4) is 0 Å². The van der Waals surface area contributed by atoms with Gasteiger partial charge < -0.3 is 20.3 Å². The van der Waals surface area contributed by atoms with E-state index in [2.05, 4.69) is 33.7 Å². The minimum absolute atomic E-state index is 0.199. The molecule has 0 unspecified atom stereocenters. The van der Waals surface area contributed by atoms with Crippen LogP contribution in [-0.2, 0) is 22.6 Å². The Kier molecular flexibility index (Phi) is 7.36. The van der Waals surface area contributed by atoms with E-state index in [1.54, 1.807) is 12.1 Å². The molecule has 7 nitrogen and oxygen atoms in total. The third-order valence-electron chi connectivity index (χ3n) is 7.86. The number of fused-ring (bicyclic) bond motifs is 2. The summed E-state index contributed by atoms with van der Waals surface area (Å²) in [6.07, 6.45) is 3.62. The number of carbonyl (C=O) groups is 2. The third-order valence-corrected chi connectivity index (χ3v) is 8.16. The molecule has 2 N–H and O–H groups in total. The van der Waals surface area contributed by atoms with Crippen molar-refractivity contribution in [2.75, 3.05) is 37.4 Å². The number of nitrogens with zero attached hydrogens (tertiary/aromatic N) is 2. The smallest absolute Gasteiger partial charge is 0.337 e. The lowest BCUT2D eigenvalue weighted by molar-refractivity contribution is -0.133. The van der Waals surface area contributed by atoms with Crippen LogP contribution in [0.2, 0.25) is 0 Å². The standard InChI is InChI=1S/C32H32N4O3S/c1-39-32(38)22-11-13-26-27(17-22)34-31(40)29(26)30(21-8-4-2-5-9-21)33-25-12-10-23-18-36(19-24(23)16-25)28(37)20-35-14-6-3-7-15-35/h2,4-5,8-13,16-17,33H,3,6-7,14-15,18-20H2,1H3,(H,34,40)/b30-29-. The zero-order valence-electron chi connectivity index (χ0n) is 22.5. The molecule has 3 aromatic rings. The molecule has 0 spiro atoms. The van der Waals surface area contributed by atoms with Gasteiger partial charge in [-0.15, -0.1) is 0 Å². The molecule has 6 rings (SSSR count). The number of likely N-dealkylation sites (tertiary alicyclic amines) is 1. The monoisotopic (exact) mass is 552 g/mol. The first-order chi connectivity index (χ1) is 19.5. The predicted octanol–water partition coefficient (Wildman–Crippen LogP) is 5.53. The van der Waals surface area contributed by atoms with E-state index in [1.807, 2.05) is 41.3 Å². The quantitative estimate of drug-likeness (QED) is 0.237. The van der Waals surface area contributed by atoms with E-state index in [1.165, 1.54) is 31.9 Å². The molecule has 3 heterocycles. The number of hydrogen-bond acceptors (Lipinski definition) is 6. The van der Waals surface area contributed by atoms with Gasteiger partial charge in [0, 0.05) is 35.6 Å². The van der Waals surface area contributed by atoms with Crippen LogP contribution in [0.4, 0.5) is 11.4 Å². The van der Waals surface area contributed by atoms with Crippen molar-refractivity contribution in [3.63, 3.8) is 0 Å². The van der Waals surface area contributed by atoms with Gasteiger partial charge >= 0.3 is 5.97 Å². The largest absolute Gasteiger partial charge is 0.465 e. The zero-order chi connectivity index (χ0) is 27.6. The molecular formula is C32H32N4O3S. The number of ether oxygens (including phenoxy) is 1. The molecule has 1 saturated heterocycles. The number of amides is 1. The van der Waals surface area contributed by atoms with Crippen LogP contribution in [-0.4, -0.2) is 53.4 Å². The van der Waals surface area contributed by atoms with Crippen molar-refractivity contribution in [3.05, 3.63) is 94.5 Å². The lowest BCUT2D eigenvalue weighted by atomic mass is 9.99. The molecule has 1 fully saturated rings. The van der Waals surface area contributed by atoms with Gasteiger partial charge in [-0.25, -0.2) is 4.79 Å². The fourth-order valence-corrected chi connectivity index (χ4v) is 6.07. The van der Waals surface area contributed by atoms with E-state index in [4.69, 9.17) is 17.0 Å². The molecule has 0 aliphatic carbocycles. The lowest BCUT2D eigenvalue weighted by Gasteiger charge is -2.27. The summed E-state index contributed by atoms with van der Waals surface area (Å²) in [6.45, 7) is 3.81. The van der Waals surface area contributed by atoms with Crippen molar-refractivity contribution in [2.45, 2.75) is 32.4 Å². The molecule has 3 aliphatic heterocycles. The van der Waals surface area contributed by atoms with Gasteiger partial charge in [0.05, 0.1) is 24.9 Å². The number of rotatable bonds is 6. The first-order valence-corrected chi connectivity index (χ1v) is 14.1. The van der Waals surface area contributed by atoms with Gasteiger partial charge in [0.15, 0.2) is 0 Å². The SMILES string of the molecule is COC(=O)c1ccc2c(c1)NC(=S)/C2=C(\Nc1ccc2c(c1)CN(C(=O)CN1CCCCC1)C2)c1ccccc1. The minimum Gasteiger partial charge on any atom is -0.465 e. The first-order valence-electron chi connectivity index (χ1n) is 13.7. The minimum atomic E-state index is -0.393. The summed E-state index contributed by atoms with van der Waals surface area (Å²) in [5.41, 5.74) is 8.16. The predicted molar refractivity (Wildman–Crippen MR) is 162 cm³/mol. The van der Waals surface area contributed by atoms with Crippen molar-refractivity contribution in [1.82, 2.24) is 9.80 Å². The molecular weight excluding hydrogens is 520 g/mol. The number of nitrogens with one attached hydrogen (secondary N) is 2. The highest BCUT2D eigenvalue weighted by Gasteiger charge is 2.28. The second-order valence-corrected chi connectivity index (χ2v) is 10.9. The number of piperidine rings is 1. The first kappa shape index (κ1) is 26.2. The van der Waals surface area contributed by atoms with E-state index in [-0.39, 0.29) is 5.91 Å². The van der Waals surface area contributed by atoms with Crippen LogP contribution >= 0.6 is 12.2 Å². The van der Waals surface area contributed by atoms with Gasteiger partial charge in [0.25, 0.3) is 0 Å². The molecule has 0 aromatic heterocycles. The molecule has 8 heteroatoms. The van der Waals surface area contributed by atoms with Gasteiger partial charge in [-0.2, -0.15) is 0 Å². The average Bonchev–Trinajstić information content (AvgIpc) is 3.56. The van der Waals surface area contributed by atoms with Crippen molar-refractivity contribution < 1.29 is 14.3 Å². The number of hydrogen-bond donors (Lipinski definition) is 2. The second-order valence-electron chi connectivity index (χ2n) is 10.5. The van der Waals surface area contributed by atoms with E-state index in [0.29, 0.717) is 30.2 Å². The van der Waals surface area contributed by atoms with Gasteiger partial charge in [-0.3, -0.25) is 9.69 Å². The van der Waals surface area contributed by atoms with Crippen LogP contribution in [0.1, 0.15) is 51.9 Å². The van der Waals surface area contributed by atoms with Crippen molar-refractivity contribution in [3.8, 4) is 0 Å².